The summed E-state index contributed by atoms with van der Waals surface area (Å²) in [4.78, 5) is 12.2. The molecule has 28 heavy (non-hydrogen) atoms. The minimum absolute atomic E-state index is 0.0680. The fourth-order valence-electron chi connectivity index (χ4n) is 2.57. The van der Waals surface area contributed by atoms with E-state index >= 15 is 0 Å². The lowest BCUT2D eigenvalue weighted by atomic mass is 10.0. The van der Waals surface area contributed by atoms with E-state index in [0.29, 0.717) is 6.07 Å². The van der Waals surface area contributed by atoms with Gasteiger partial charge in [-0.2, -0.15) is 18.3 Å². The van der Waals surface area contributed by atoms with Gasteiger partial charge in [-0.25, -0.2) is 0 Å². The molecule has 0 aliphatic heterocycles. The molecule has 0 unspecified atom stereocenters. The van der Waals surface area contributed by atoms with Crippen molar-refractivity contribution in [2.24, 2.45) is 7.05 Å². The van der Waals surface area contributed by atoms with Crippen LogP contribution < -0.4 is 10.3 Å². The summed E-state index contributed by atoms with van der Waals surface area (Å²) >= 11 is 0. The first-order valence-corrected chi connectivity index (χ1v) is 7.63. The fourth-order valence-corrected chi connectivity index (χ4v) is 2.57. The molecule has 0 saturated heterocycles. The summed E-state index contributed by atoms with van der Waals surface area (Å²) in [6, 6.07) is 4.60. The van der Waals surface area contributed by atoms with Crippen LogP contribution in [0.15, 0.2) is 53.7 Å². The number of benzene rings is 1. The van der Waals surface area contributed by atoms with Crippen molar-refractivity contribution < 1.29 is 31.1 Å². The van der Waals surface area contributed by atoms with E-state index in [0.717, 1.165) is 35.0 Å². The van der Waals surface area contributed by atoms with Crippen LogP contribution in [0, 0.1) is 0 Å². The lowest BCUT2D eigenvalue weighted by Crippen LogP contribution is -2.22. The Hall–Kier alpha value is -3.24. The molecule has 5 nitrogen and oxygen atoms in total. The minimum Gasteiger partial charge on any atom is -0.406 e. The third-order valence-electron chi connectivity index (χ3n) is 3.72. The Labute approximate surface area is 153 Å². The number of hydrogen-bond acceptors (Lipinski definition) is 3. The Balaban J connectivity index is 2.11. The number of ether oxygens (including phenoxy) is 1. The lowest BCUT2D eigenvalue weighted by molar-refractivity contribution is -0.274. The van der Waals surface area contributed by atoms with Crippen LogP contribution in [-0.2, 0) is 13.2 Å². The van der Waals surface area contributed by atoms with Gasteiger partial charge in [-0.3, -0.25) is 14.0 Å². The Kier molecular flexibility index (Phi) is 4.69. The first-order valence-electron chi connectivity index (χ1n) is 7.63. The molecule has 11 heteroatoms. The summed E-state index contributed by atoms with van der Waals surface area (Å²) in [6.07, 6.45) is -6.14. The summed E-state index contributed by atoms with van der Waals surface area (Å²) in [5.74, 6) is -0.524. The van der Waals surface area contributed by atoms with Crippen molar-refractivity contribution in [1.82, 2.24) is 14.3 Å². The minimum atomic E-state index is -4.89. The van der Waals surface area contributed by atoms with E-state index in [1.165, 1.54) is 24.1 Å². The second kappa shape index (κ2) is 6.73. The van der Waals surface area contributed by atoms with Gasteiger partial charge in [0, 0.05) is 42.3 Å². The first kappa shape index (κ1) is 19.5. The summed E-state index contributed by atoms with van der Waals surface area (Å²) in [5.41, 5.74) is -2.24. The molecule has 0 amide bonds. The number of rotatable bonds is 3. The SMILES string of the molecule is Cn1cc(-c2cn(-c3ccc(OC(F)(F)F)cc3)c(=O)cc2C(F)(F)F)cn1. The Morgan fingerprint density at radius 1 is 1.00 bits per heavy atom. The molecule has 0 bridgehead atoms. The molecule has 0 aliphatic carbocycles. The van der Waals surface area contributed by atoms with Crippen LogP contribution in [0.5, 0.6) is 5.75 Å². The Morgan fingerprint density at radius 2 is 1.64 bits per heavy atom. The van der Waals surface area contributed by atoms with E-state index in [1.54, 1.807) is 0 Å². The molecule has 148 valence electrons. The topological polar surface area (TPSA) is 49.0 Å². The highest BCUT2D eigenvalue weighted by molar-refractivity contribution is 5.66. The number of pyridine rings is 1. The molecule has 3 aromatic rings. The average molecular weight is 403 g/mol. The molecule has 0 saturated carbocycles. The molecule has 0 N–H and O–H groups in total. The van der Waals surface area contributed by atoms with Crippen molar-refractivity contribution >= 4 is 0 Å². The number of aryl methyl sites for hydroxylation is 1. The second-order valence-corrected chi connectivity index (χ2v) is 5.75. The predicted octanol–water partition coefficient (Wildman–Crippen LogP) is 4.16. The Morgan fingerprint density at radius 3 is 2.14 bits per heavy atom. The van der Waals surface area contributed by atoms with Crippen LogP contribution in [0.2, 0.25) is 0 Å². The quantitative estimate of drug-likeness (QED) is 0.618. The van der Waals surface area contributed by atoms with Gasteiger partial charge in [-0.15, -0.1) is 13.2 Å². The average Bonchev–Trinajstić information content (AvgIpc) is 2.99. The van der Waals surface area contributed by atoms with Crippen LogP contribution >= 0.6 is 0 Å². The van der Waals surface area contributed by atoms with Crippen molar-refractivity contribution in [2.45, 2.75) is 12.5 Å². The number of nitrogens with zero attached hydrogens (tertiary/aromatic N) is 3. The smallest absolute Gasteiger partial charge is 0.406 e. The maximum absolute atomic E-state index is 13.4. The number of halogens is 6. The maximum Gasteiger partial charge on any atom is 0.573 e. The number of aromatic nitrogens is 3. The molecule has 0 aliphatic rings. The normalized spacial score (nSPS) is 12.2. The summed E-state index contributed by atoms with van der Waals surface area (Å²) in [6.45, 7) is 0. The van der Waals surface area contributed by atoms with E-state index in [2.05, 4.69) is 9.84 Å². The van der Waals surface area contributed by atoms with Crippen molar-refractivity contribution in [1.29, 1.82) is 0 Å². The third-order valence-corrected chi connectivity index (χ3v) is 3.72. The highest BCUT2D eigenvalue weighted by Crippen LogP contribution is 2.36. The molecule has 0 radical (unpaired) electrons. The summed E-state index contributed by atoms with van der Waals surface area (Å²) in [7, 11) is 1.52. The highest BCUT2D eigenvalue weighted by atomic mass is 19.4. The van der Waals surface area contributed by atoms with Gasteiger partial charge < -0.3 is 4.74 Å². The molecular weight excluding hydrogens is 392 g/mol. The van der Waals surface area contributed by atoms with Gasteiger partial charge in [0.15, 0.2) is 0 Å². The van der Waals surface area contributed by atoms with E-state index in [1.807, 2.05) is 0 Å². The van der Waals surface area contributed by atoms with Crippen LogP contribution in [0.4, 0.5) is 26.3 Å². The van der Waals surface area contributed by atoms with Crippen LogP contribution in [-0.4, -0.2) is 20.7 Å². The predicted molar refractivity (Wildman–Crippen MR) is 85.9 cm³/mol. The van der Waals surface area contributed by atoms with Crippen molar-refractivity contribution in [3.63, 3.8) is 0 Å². The van der Waals surface area contributed by atoms with E-state index < -0.39 is 29.4 Å². The fraction of sp³-hybridized carbons (Fsp3) is 0.176. The zero-order valence-corrected chi connectivity index (χ0v) is 14.0. The standard InChI is InChI=1S/C17H11F6N3O2/c1-25-8-10(7-24-25)13-9-26(15(27)6-14(13)16(18,19)20)11-2-4-12(5-3-11)28-17(21,22)23/h2-9H,1H3. The van der Waals surface area contributed by atoms with E-state index in [4.69, 9.17) is 0 Å². The highest BCUT2D eigenvalue weighted by Gasteiger charge is 2.35. The number of alkyl halides is 6. The largest absolute Gasteiger partial charge is 0.573 e. The molecule has 0 spiro atoms. The van der Waals surface area contributed by atoms with Crippen LogP contribution in [0.3, 0.4) is 0 Å². The summed E-state index contributed by atoms with van der Waals surface area (Å²) < 4.78 is 82.7. The monoisotopic (exact) mass is 403 g/mol. The zero-order chi connectivity index (χ0) is 20.7. The third kappa shape index (κ3) is 4.18. The van der Waals surface area contributed by atoms with Gasteiger partial charge in [0.1, 0.15) is 5.75 Å². The van der Waals surface area contributed by atoms with Crippen LogP contribution in [0.1, 0.15) is 5.56 Å². The van der Waals surface area contributed by atoms with Gasteiger partial charge in [-0.05, 0) is 24.3 Å². The molecule has 3 rings (SSSR count). The van der Waals surface area contributed by atoms with Gasteiger partial charge in [0.2, 0.25) is 0 Å². The van der Waals surface area contributed by atoms with E-state index in [9.17, 15) is 31.1 Å². The van der Waals surface area contributed by atoms with Crippen LogP contribution in [0.25, 0.3) is 16.8 Å². The van der Waals surface area contributed by atoms with Crippen molar-refractivity contribution in [3.05, 3.63) is 64.8 Å². The molecular formula is C17H11F6N3O2. The van der Waals surface area contributed by atoms with Crippen molar-refractivity contribution in [3.8, 4) is 22.6 Å². The lowest BCUT2D eigenvalue weighted by Gasteiger charge is -2.15. The zero-order valence-electron chi connectivity index (χ0n) is 14.0. The summed E-state index contributed by atoms with van der Waals surface area (Å²) in [5, 5.41) is 3.83. The van der Waals surface area contributed by atoms with Crippen molar-refractivity contribution in [2.75, 3.05) is 0 Å². The second-order valence-electron chi connectivity index (χ2n) is 5.75. The van der Waals surface area contributed by atoms with Gasteiger partial charge in [-0.1, -0.05) is 0 Å². The van der Waals surface area contributed by atoms with Gasteiger partial charge in [0.25, 0.3) is 5.56 Å². The molecule has 2 heterocycles. The van der Waals surface area contributed by atoms with Gasteiger partial charge in [0.05, 0.1) is 11.8 Å². The molecule has 2 aromatic heterocycles. The molecule has 0 atom stereocenters. The maximum atomic E-state index is 13.4. The Bertz CT molecular complexity index is 1050. The van der Waals surface area contributed by atoms with Gasteiger partial charge >= 0.3 is 12.5 Å². The van der Waals surface area contributed by atoms with E-state index in [-0.39, 0.29) is 16.8 Å². The molecule has 1 aromatic carbocycles. The molecule has 0 fully saturated rings. The first-order chi connectivity index (χ1) is 12.9. The number of hydrogen-bond donors (Lipinski definition) is 0.